The zero-order valence-electron chi connectivity index (χ0n) is 9.22. The van der Waals surface area contributed by atoms with Crippen LogP contribution in [0.3, 0.4) is 0 Å². The maximum Gasteiger partial charge on any atom is 0.127 e. The summed E-state index contributed by atoms with van der Waals surface area (Å²) in [6.45, 7) is 0. The minimum Gasteiger partial charge on any atom is -0.507 e. The monoisotopic (exact) mass is 224 g/mol. The van der Waals surface area contributed by atoms with Crippen molar-refractivity contribution in [2.75, 3.05) is 0 Å². The molecule has 0 aromatic heterocycles. The quantitative estimate of drug-likeness (QED) is 0.532. The number of phenolic OH excluding ortho intramolecular Hbond substituents is 2. The van der Waals surface area contributed by atoms with E-state index in [9.17, 15) is 10.2 Å². The van der Waals surface area contributed by atoms with Crippen LogP contribution in [0.5, 0.6) is 11.5 Å². The van der Waals surface area contributed by atoms with E-state index in [-0.39, 0.29) is 11.8 Å². The van der Waals surface area contributed by atoms with Crippen molar-refractivity contribution in [3.63, 3.8) is 0 Å². The van der Waals surface area contributed by atoms with Gasteiger partial charge < -0.3 is 10.2 Å². The molecule has 2 bridgehead atoms. The van der Waals surface area contributed by atoms with Gasteiger partial charge in [-0.3, -0.25) is 0 Å². The molecule has 2 aliphatic rings. The Labute approximate surface area is 98.8 Å². The molecule has 0 heterocycles. The summed E-state index contributed by atoms with van der Waals surface area (Å²) < 4.78 is 0. The average molecular weight is 224 g/mol. The van der Waals surface area contributed by atoms with Gasteiger partial charge in [0.25, 0.3) is 0 Å². The maximum atomic E-state index is 10.4. The Morgan fingerprint density at radius 2 is 1.29 bits per heavy atom. The molecule has 0 aliphatic heterocycles. The van der Waals surface area contributed by atoms with E-state index in [1.165, 1.54) is 0 Å². The third-order valence-electron chi connectivity index (χ3n) is 4.06. The van der Waals surface area contributed by atoms with Crippen LogP contribution in [0.1, 0.15) is 29.4 Å². The average Bonchev–Trinajstić information content (AvgIpc) is 2.96. The van der Waals surface area contributed by atoms with Gasteiger partial charge in [-0.25, -0.2) is 0 Å². The molecule has 2 atom stereocenters. The molecule has 0 saturated carbocycles. The molecule has 2 nitrogen and oxygen atoms in total. The Morgan fingerprint density at radius 1 is 0.824 bits per heavy atom. The summed E-state index contributed by atoms with van der Waals surface area (Å²) in [5.41, 5.74) is 1.88. The first-order valence-corrected chi connectivity index (χ1v) is 5.92. The van der Waals surface area contributed by atoms with Gasteiger partial charge in [0.15, 0.2) is 0 Å². The molecule has 2 unspecified atom stereocenters. The molecular formula is C15H12O2. The molecule has 0 saturated heterocycles. The van der Waals surface area contributed by atoms with Gasteiger partial charge in [-0.1, -0.05) is 36.4 Å². The molecule has 4 rings (SSSR count). The highest BCUT2D eigenvalue weighted by Gasteiger charge is 2.38. The second-order valence-corrected chi connectivity index (χ2v) is 4.90. The van der Waals surface area contributed by atoms with Gasteiger partial charge in [-0.05, 0) is 6.42 Å². The molecule has 84 valence electrons. The molecule has 2 N–H and O–H groups in total. The van der Waals surface area contributed by atoms with Crippen LogP contribution in [0.4, 0.5) is 0 Å². The summed E-state index contributed by atoms with van der Waals surface area (Å²) in [4.78, 5) is 0. The lowest BCUT2D eigenvalue weighted by Crippen LogP contribution is -1.95. The summed E-state index contributed by atoms with van der Waals surface area (Å²) >= 11 is 0. The number of rotatable bonds is 0. The Bertz CT molecular complexity index is 614. The van der Waals surface area contributed by atoms with Crippen molar-refractivity contribution < 1.29 is 10.2 Å². The topological polar surface area (TPSA) is 40.5 Å². The summed E-state index contributed by atoms with van der Waals surface area (Å²) in [7, 11) is 0. The maximum absolute atomic E-state index is 10.4. The van der Waals surface area contributed by atoms with Crippen LogP contribution < -0.4 is 0 Å². The first-order valence-electron chi connectivity index (χ1n) is 5.92. The highest BCUT2D eigenvalue weighted by Crippen LogP contribution is 2.57. The van der Waals surface area contributed by atoms with Crippen LogP contribution in [0, 0.1) is 0 Å². The van der Waals surface area contributed by atoms with Crippen LogP contribution in [0.2, 0.25) is 0 Å². The first kappa shape index (κ1) is 9.11. The smallest absolute Gasteiger partial charge is 0.127 e. The normalized spacial score (nSPS) is 24.5. The van der Waals surface area contributed by atoms with Crippen LogP contribution >= 0.6 is 0 Å². The molecule has 0 spiro atoms. The summed E-state index contributed by atoms with van der Waals surface area (Å²) in [5.74, 6) is 1.27. The summed E-state index contributed by atoms with van der Waals surface area (Å²) in [5, 5.41) is 22.3. The molecule has 2 aromatic rings. The van der Waals surface area contributed by atoms with E-state index >= 15 is 0 Å². The van der Waals surface area contributed by atoms with Crippen LogP contribution in [-0.4, -0.2) is 10.2 Å². The van der Waals surface area contributed by atoms with Gasteiger partial charge in [0.1, 0.15) is 11.5 Å². The van der Waals surface area contributed by atoms with Crippen molar-refractivity contribution in [2.45, 2.75) is 18.3 Å². The molecule has 0 amide bonds. The Morgan fingerprint density at radius 3 is 1.76 bits per heavy atom. The van der Waals surface area contributed by atoms with E-state index in [2.05, 4.69) is 12.2 Å². The second kappa shape index (κ2) is 2.83. The number of hydrogen-bond donors (Lipinski definition) is 2. The standard InChI is InChI=1S/C15H12O2/c16-14-10-3-1-2-4-11(10)15(17)13-9-6-5-8(7-9)12(13)14/h1-6,8-9,16-17H,7H2. The summed E-state index contributed by atoms with van der Waals surface area (Å²) in [6, 6.07) is 7.49. The van der Waals surface area contributed by atoms with Gasteiger partial charge in [-0.15, -0.1) is 0 Å². The predicted octanol–water partition coefficient (Wildman–Crippen LogP) is 3.39. The second-order valence-electron chi connectivity index (χ2n) is 4.90. The summed E-state index contributed by atoms with van der Waals surface area (Å²) in [6.07, 6.45) is 5.27. The fourth-order valence-corrected chi connectivity index (χ4v) is 3.32. The molecule has 2 aromatic carbocycles. The number of fused-ring (bicyclic) bond motifs is 6. The van der Waals surface area contributed by atoms with E-state index in [1.54, 1.807) is 0 Å². The molecule has 0 fully saturated rings. The number of phenols is 2. The van der Waals surface area contributed by atoms with Crippen molar-refractivity contribution in [3.05, 3.63) is 47.5 Å². The predicted molar refractivity (Wildman–Crippen MR) is 66.5 cm³/mol. The third-order valence-corrected chi connectivity index (χ3v) is 4.06. The van der Waals surface area contributed by atoms with Crippen molar-refractivity contribution in [3.8, 4) is 11.5 Å². The highest BCUT2D eigenvalue weighted by molar-refractivity contribution is 5.96. The molecule has 2 heteroatoms. The van der Waals surface area contributed by atoms with E-state index in [0.717, 1.165) is 28.3 Å². The Hall–Kier alpha value is -1.96. The first-order chi connectivity index (χ1) is 8.27. The lowest BCUT2D eigenvalue weighted by Gasteiger charge is -2.17. The van der Waals surface area contributed by atoms with E-state index in [4.69, 9.17) is 0 Å². The van der Waals surface area contributed by atoms with Crippen molar-refractivity contribution in [1.29, 1.82) is 0 Å². The van der Waals surface area contributed by atoms with Crippen LogP contribution in [0.25, 0.3) is 10.8 Å². The number of hydrogen-bond acceptors (Lipinski definition) is 2. The van der Waals surface area contributed by atoms with Gasteiger partial charge in [0.05, 0.1) is 0 Å². The van der Waals surface area contributed by atoms with Gasteiger partial charge in [0, 0.05) is 33.7 Å². The van der Waals surface area contributed by atoms with E-state index in [0.29, 0.717) is 11.5 Å². The van der Waals surface area contributed by atoms with Gasteiger partial charge in [-0.2, -0.15) is 0 Å². The zero-order chi connectivity index (χ0) is 11.6. The lowest BCUT2D eigenvalue weighted by molar-refractivity contribution is 0.460. The van der Waals surface area contributed by atoms with E-state index < -0.39 is 0 Å². The van der Waals surface area contributed by atoms with Gasteiger partial charge >= 0.3 is 0 Å². The van der Waals surface area contributed by atoms with Crippen molar-refractivity contribution in [1.82, 2.24) is 0 Å². The molecule has 2 aliphatic carbocycles. The van der Waals surface area contributed by atoms with E-state index in [1.807, 2.05) is 24.3 Å². The number of benzene rings is 2. The van der Waals surface area contributed by atoms with Crippen LogP contribution in [-0.2, 0) is 0 Å². The number of allylic oxidation sites excluding steroid dienone is 2. The van der Waals surface area contributed by atoms with Crippen LogP contribution in [0.15, 0.2) is 36.4 Å². The largest absolute Gasteiger partial charge is 0.507 e. The minimum absolute atomic E-state index is 0.283. The SMILES string of the molecule is Oc1c2c(c(O)c3ccccc13)C1C=CC2C1. The van der Waals surface area contributed by atoms with Crippen molar-refractivity contribution >= 4 is 10.8 Å². The fraction of sp³-hybridized carbons (Fsp3) is 0.200. The Balaban J connectivity index is 2.20. The lowest BCUT2D eigenvalue weighted by atomic mass is 9.91. The van der Waals surface area contributed by atoms with Crippen molar-refractivity contribution in [2.24, 2.45) is 0 Å². The number of aromatic hydroxyl groups is 2. The fourth-order valence-electron chi connectivity index (χ4n) is 3.32. The minimum atomic E-state index is 0.283. The van der Waals surface area contributed by atoms with Gasteiger partial charge in [0.2, 0.25) is 0 Å². The third kappa shape index (κ3) is 0.960. The molecular weight excluding hydrogens is 212 g/mol. The Kier molecular flexibility index (Phi) is 1.52. The zero-order valence-corrected chi connectivity index (χ0v) is 9.22. The molecule has 0 radical (unpaired) electrons. The molecule has 17 heavy (non-hydrogen) atoms. The highest BCUT2D eigenvalue weighted by atomic mass is 16.3.